The van der Waals surface area contributed by atoms with Crippen molar-refractivity contribution < 1.29 is 0 Å². The molecular formula is C20H14N6S. The Balaban J connectivity index is 1.63. The normalized spacial score (nSPS) is 11.3. The number of fused-ring (bicyclic) bond motifs is 2. The van der Waals surface area contributed by atoms with Crippen LogP contribution in [0.4, 0.5) is 0 Å². The summed E-state index contributed by atoms with van der Waals surface area (Å²) in [7, 11) is 0. The first-order valence-electron chi connectivity index (χ1n) is 8.50. The van der Waals surface area contributed by atoms with Crippen LogP contribution in [0.15, 0.2) is 48.5 Å². The second-order valence-electron chi connectivity index (χ2n) is 6.21. The zero-order valence-electron chi connectivity index (χ0n) is 14.7. The quantitative estimate of drug-likeness (QED) is 0.459. The molecule has 5 rings (SSSR count). The molecule has 0 aliphatic heterocycles. The van der Waals surface area contributed by atoms with Gasteiger partial charge in [0.2, 0.25) is 0 Å². The van der Waals surface area contributed by atoms with Gasteiger partial charge in [0.1, 0.15) is 11.4 Å². The second-order valence-corrected chi connectivity index (χ2v) is 7.18. The SMILES string of the molecule is Cc1nc2ccccc2nc1-c1nnc(-c2nc3ccccc3nc2C)s1. The maximum Gasteiger partial charge on any atom is 0.168 e. The molecule has 0 aliphatic carbocycles. The molecule has 7 heteroatoms. The maximum atomic E-state index is 4.73. The second kappa shape index (κ2) is 6.14. The minimum Gasteiger partial charge on any atom is -0.249 e. The van der Waals surface area contributed by atoms with E-state index in [9.17, 15) is 0 Å². The van der Waals surface area contributed by atoms with Crippen molar-refractivity contribution in [2.24, 2.45) is 0 Å². The summed E-state index contributed by atoms with van der Waals surface area (Å²) >= 11 is 1.46. The summed E-state index contributed by atoms with van der Waals surface area (Å²) in [6, 6.07) is 15.6. The third-order valence-corrected chi connectivity index (χ3v) is 5.26. The molecule has 0 atom stereocenters. The Morgan fingerprint density at radius 2 is 0.926 bits per heavy atom. The zero-order valence-corrected chi connectivity index (χ0v) is 15.5. The summed E-state index contributed by atoms with van der Waals surface area (Å²) in [5.41, 5.74) is 6.61. The Bertz CT molecular complexity index is 1210. The van der Waals surface area contributed by atoms with Gasteiger partial charge in [0.15, 0.2) is 10.0 Å². The molecular weight excluding hydrogens is 356 g/mol. The van der Waals surface area contributed by atoms with E-state index in [-0.39, 0.29) is 0 Å². The van der Waals surface area contributed by atoms with Crippen LogP contribution in [0, 0.1) is 13.8 Å². The highest BCUT2D eigenvalue weighted by Gasteiger charge is 2.17. The summed E-state index contributed by atoms with van der Waals surface area (Å²) in [5, 5.41) is 10.2. The molecule has 6 nitrogen and oxygen atoms in total. The van der Waals surface area contributed by atoms with Crippen molar-refractivity contribution in [3.63, 3.8) is 0 Å². The number of hydrogen-bond donors (Lipinski definition) is 0. The molecule has 130 valence electrons. The van der Waals surface area contributed by atoms with Crippen LogP contribution >= 0.6 is 11.3 Å². The molecule has 0 unspecified atom stereocenters. The van der Waals surface area contributed by atoms with E-state index in [1.54, 1.807) is 0 Å². The van der Waals surface area contributed by atoms with Crippen LogP contribution in [-0.4, -0.2) is 30.1 Å². The molecule has 0 saturated carbocycles. The predicted molar refractivity (Wildman–Crippen MR) is 106 cm³/mol. The summed E-state index contributed by atoms with van der Waals surface area (Å²) < 4.78 is 0. The third-order valence-electron chi connectivity index (χ3n) is 4.32. The van der Waals surface area contributed by atoms with Crippen molar-refractivity contribution in [3.05, 3.63) is 59.9 Å². The lowest BCUT2D eigenvalue weighted by Crippen LogP contribution is -1.93. The summed E-state index contributed by atoms with van der Waals surface area (Å²) in [4.78, 5) is 18.7. The Morgan fingerprint density at radius 1 is 0.556 bits per heavy atom. The molecule has 0 fully saturated rings. The van der Waals surface area contributed by atoms with E-state index in [0.717, 1.165) is 54.9 Å². The van der Waals surface area contributed by atoms with Crippen LogP contribution in [-0.2, 0) is 0 Å². The van der Waals surface area contributed by atoms with Gasteiger partial charge >= 0.3 is 0 Å². The highest BCUT2D eigenvalue weighted by molar-refractivity contribution is 7.17. The van der Waals surface area contributed by atoms with Gasteiger partial charge in [-0.3, -0.25) is 0 Å². The molecule has 0 aliphatic rings. The number of hydrogen-bond acceptors (Lipinski definition) is 7. The fourth-order valence-corrected chi connectivity index (χ4v) is 3.92. The average Bonchev–Trinajstić information content (AvgIpc) is 3.16. The van der Waals surface area contributed by atoms with E-state index in [0.29, 0.717) is 0 Å². The van der Waals surface area contributed by atoms with Gasteiger partial charge < -0.3 is 0 Å². The molecule has 0 saturated heterocycles. The van der Waals surface area contributed by atoms with Crippen molar-refractivity contribution in [1.82, 2.24) is 30.1 Å². The van der Waals surface area contributed by atoms with Crippen LogP contribution in [0.3, 0.4) is 0 Å². The van der Waals surface area contributed by atoms with Crippen LogP contribution in [0.5, 0.6) is 0 Å². The van der Waals surface area contributed by atoms with Crippen molar-refractivity contribution in [2.45, 2.75) is 13.8 Å². The van der Waals surface area contributed by atoms with Crippen LogP contribution in [0.25, 0.3) is 43.5 Å². The smallest absolute Gasteiger partial charge is 0.168 e. The summed E-state index contributed by atoms with van der Waals surface area (Å²) in [5.74, 6) is 0. The average molecular weight is 370 g/mol. The van der Waals surface area contributed by atoms with E-state index < -0.39 is 0 Å². The Kier molecular flexibility index (Phi) is 3.61. The van der Waals surface area contributed by atoms with Crippen LogP contribution in [0.1, 0.15) is 11.4 Å². The molecule has 2 aromatic carbocycles. The molecule has 0 amide bonds. The lowest BCUT2D eigenvalue weighted by molar-refractivity contribution is 1.06. The number of para-hydroxylation sites is 4. The topological polar surface area (TPSA) is 77.3 Å². The van der Waals surface area contributed by atoms with Gasteiger partial charge in [-0.15, -0.1) is 10.2 Å². The van der Waals surface area contributed by atoms with Gasteiger partial charge in [0.25, 0.3) is 0 Å². The third kappa shape index (κ3) is 2.72. The zero-order chi connectivity index (χ0) is 18.4. The molecule has 0 bridgehead atoms. The number of benzene rings is 2. The van der Waals surface area contributed by atoms with Crippen molar-refractivity contribution in [2.75, 3.05) is 0 Å². The minimum absolute atomic E-state index is 0.732. The monoisotopic (exact) mass is 370 g/mol. The first kappa shape index (κ1) is 15.9. The van der Waals surface area contributed by atoms with Crippen molar-refractivity contribution in [3.8, 4) is 21.4 Å². The van der Waals surface area contributed by atoms with E-state index >= 15 is 0 Å². The number of rotatable bonds is 2. The molecule has 3 heterocycles. The molecule has 0 spiro atoms. The summed E-state index contributed by atoms with van der Waals surface area (Å²) in [6.45, 7) is 3.88. The number of aromatic nitrogens is 6. The van der Waals surface area contributed by atoms with Crippen molar-refractivity contribution >= 4 is 33.4 Å². The lowest BCUT2D eigenvalue weighted by Gasteiger charge is -2.03. The van der Waals surface area contributed by atoms with Crippen molar-refractivity contribution in [1.29, 1.82) is 0 Å². The van der Waals surface area contributed by atoms with Gasteiger partial charge in [0.05, 0.1) is 33.5 Å². The standard InChI is InChI=1S/C20H14N6S/c1-11-17(23-15-9-5-3-7-13(15)21-11)19-25-26-20(27-19)18-12(2)22-14-8-4-6-10-16(14)24-18/h3-10H,1-2H3. The van der Waals surface area contributed by atoms with E-state index in [1.165, 1.54) is 11.3 Å². The first-order valence-corrected chi connectivity index (χ1v) is 9.32. The molecule has 5 aromatic rings. The van der Waals surface area contributed by atoms with Crippen LogP contribution in [0.2, 0.25) is 0 Å². The highest BCUT2D eigenvalue weighted by atomic mass is 32.1. The Labute approximate surface area is 159 Å². The summed E-state index contributed by atoms with van der Waals surface area (Å²) in [6.07, 6.45) is 0. The van der Waals surface area contributed by atoms with Gasteiger partial charge in [-0.2, -0.15) is 0 Å². The number of aryl methyl sites for hydroxylation is 2. The highest BCUT2D eigenvalue weighted by Crippen LogP contribution is 2.31. The first-order chi connectivity index (χ1) is 13.2. The molecule has 0 radical (unpaired) electrons. The molecule has 3 aromatic heterocycles. The van der Waals surface area contributed by atoms with E-state index in [4.69, 9.17) is 9.97 Å². The Morgan fingerprint density at radius 3 is 1.33 bits per heavy atom. The molecule has 0 N–H and O–H groups in total. The fraction of sp³-hybridized carbons (Fsp3) is 0.100. The van der Waals surface area contributed by atoms with Gasteiger partial charge in [-0.25, -0.2) is 19.9 Å². The Hall–Kier alpha value is -3.32. The number of nitrogens with zero attached hydrogens (tertiary/aromatic N) is 6. The van der Waals surface area contributed by atoms with Gasteiger partial charge in [0, 0.05) is 0 Å². The van der Waals surface area contributed by atoms with Gasteiger partial charge in [-0.1, -0.05) is 35.6 Å². The maximum absolute atomic E-state index is 4.73. The molecule has 27 heavy (non-hydrogen) atoms. The fourth-order valence-electron chi connectivity index (χ4n) is 3.00. The predicted octanol–water partition coefficient (Wildman–Crippen LogP) is 4.38. The van der Waals surface area contributed by atoms with Crippen LogP contribution < -0.4 is 0 Å². The van der Waals surface area contributed by atoms with E-state index in [2.05, 4.69) is 20.2 Å². The lowest BCUT2D eigenvalue weighted by atomic mass is 10.2. The van der Waals surface area contributed by atoms with E-state index in [1.807, 2.05) is 62.4 Å². The minimum atomic E-state index is 0.732. The largest absolute Gasteiger partial charge is 0.249 e. The van der Waals surface area contributed by atoms with Gasteiger partial charge in [-0.05, 0) is 38.1 Å².